The van der Waals surface area contributed by atoms with E-state index in [1.165, 1.54) is 5.56 Å². The third-order valence-electron chi connectivity index (χ3n) is 5.53. The second kappa shape index (κ2) is 9.61. The number of carbonyl (C=O) groups excluding carboxylic acids is 1. The van der Waals surface area contributed by atoms with Crippen molar-refractivity contribution in [2.24, 2.45) is 5.92 Å². The molecule has 0 saturated carbocycles. The van der Waals surface area contributed by atoms with Crippen molar-refractivity contribution < 1.29 is 4.79 Å². The Balaban J connectivity index is 1.40. The lowest BCUT2D eigenvalue weighted by Crippen LogP contribution is -2.26. The molecule has 0 unspecified atom stereocenters. The Labute approximate surface area is 183 Å². The molecule has 0 atom stereocenters. The van der Waals surface area contributed by atoms with Crippen LogP contribution in [0.1, 0.15) is 31.7 Å². The molecule has 0 radical (unpaired) electrons. The highest BCUT2D eigenvalue weighted by Crippen LogP contribution is 2.20. The number of benzene rings is 3. The number of nitrogens with zero attached hydrogens (tertiary/aromatic N) is 2. The van der Waals surface area contributed by atoms with Gasteiger partial charge in [-0.2, -0.15) is 0 Å². The summed E-state index contributed by atoms with van der Waals surface area (Å²) in [6.45, 7) is 5.80. The van der Waals surface area contributed by atoms with Crippen LogP contribution in [0.15, 0.2) is 78.9 Å². The molecule has 31 heavy (non-hydrogen) atoms. The van der Waals surface area contributed by atoms with Gasteiger partial charge in [-0.3, -0.25) is 4.79 Å². The number of aromatic nitrogens is 2. The topological polar surface area (TPSA) is 46.9 Å². The Morgan fingerprint density at radius 1 is 0.903 bits per heavy atom. The molecule has 0 bridgehead atoms. The van der Waals surface area contributed by atoms with Crippen LogP contribution < -0.4 is 5.32 Å². The van der Waals surface area contributed by atoms with Crippen molar-refractivity contribution in [3.8, 4) is 11.1 Å². The first-order chi connectivity index (χ1) is 15.1. The Kier molecular flexibility index (Phi) is 6.46. The molecule has 158 valence electrons. The van der Waals surface area contributed by atoms with Crippen LogP contribution in [0.5, 0.6) is 0 Å². The van der Waals surface area contributed by atoms with Crippen molar-refractivity contribution >= 4 is 16.9 Å². The van der Waals surface area contributed by atoms with E-state index >= 15 is 0 Å². The summed E-state index contributed by atoms with van der Waals surface area (Å²) in [5.74, 6) is 1.53. The van der Waals surface area contributed by atoms with Gasteiger partial charge in [0.15, 0.2) is 0 Å². The van der Waals surface area contributed by atoms with E-state index in [9.17, 15) is 4.79 Å². The van der Waals surface area contributed by atoms with Crippen LogP contribution in [0.2, 0.25) is 0 Å². The van der Waals surface area contributed by atoms with E-state index in [1.54, 1.807) is 0 Å². The molecule has 4 aromatic rings. The lowest BCUT2D eigenvalue weighted by atomic mass is 10.0. The van der Waals surface area contributed by atoms with Gasteiger partial charge < -0.3 is 9.88 Å². The minimum absolute atomic E-state index is 0.00919. The van der Waals surface area contributed by atoms with Crippen LogP contribution in [0, 0.1) is 5.92 Å². The summed E-state index contributed by atoms with van der Waals surface area (Å²) in [5, 5.41) is 3.06. The predicted molar refractivity (Wildman–Crippen MR) is 127 cm³/mol. The van der Waals surface area contributed by atoms with Gasteiger partial charge in [-0.15, -0.1) is 0 Å². The highest BCUT2D eigenvalue weighted by Gasteiger charge is 2.12. The van der Waals surface area contributed by atoms with Crippen LogP contribution in [0.4, 0.5) is 0 Å². The van der Waals surface area contributed by atoms with Crippen LogP contribution in [-0.2, 0) is 24.3 Å². The molecule has 0 fully saturated rings. The van der Waals surface area contributed by atoms with E-state index < -0.39 is 0 Å². The molecular weight excluding hydrogens is 382 g/mol. The molecule has 0 saturated heterocycles. The Morgan fingerprint density at radius 2 is 1.58 bits per heavy atom. The summed E-state index contributed by atoms with van der Waals surface area (Å²) >= 11 is 0. The van der Waals surface area contributed by atoms with E-state index in [2.05, 4.69) is 54.1 Å². The number of aryl methyl sites for hydroxylation is 1. The quantitative estimate of drug-likeness (QED) is 0.410. The van der Waals surface area contributed by atoms with E-state index in [0.29, 0.717) is 18.9 Å². The minimum atomic E-state index is 0.00919. The molecule has 0 spiro atoms. The van der Waals surface area contributed by atoms with E-state index in [4.69, 9.17) is 4.98 Å². The number of hydrogen-bond donors (Lipinski definition) is 1. The molecule has 0 aliphatic heterocycles. The fraction of sp³-hybridized carbons (Fsp3) is 0.259. The zero-order chi connectivity index (χ0) is 21.6. The minimum Gasteiger partial charge on any atom is -0.349 e. The van der Waals surface area contributed by atoms with Crippen molar-refractivity contribution in [1.82, 2.24) is 14.9 Å². The monoisotopic (exact) mass is 411 g/mol. The van der Waals surface area contributed by atoms with Crippen molar-refractivity contribution in [2.75, 3.05) is 0 Å². The summed E-state index contributed by atoms with van der Waals surface area (Å²) in [4.78, 5) is 17.3. The molecule has 0 aliphatic rings. The van der Waals surface area contributed by atoms with Gasteiger partial charge in [0.05, 0.1) is 24.0 Å². The lowest BCUT2D eigenvalue weighted by molar-refractivity contribution is -0.120. The fourth-order valence-electron chi connectivity index (χ4n) is 3.77. The van der Waals surface area contributed by atoms with Gasteiger partial charge in [-0.05, 0) is 41.2 Å². The predicted octanol–water partition coefficient (Wildman–Crippen LogP) is 5.61. The van der Waals surface area contributed by atoms with Gasteiger partial charge in [-0.1, -0.05) is 80.6 Å². The SMILES string of the molecule is CC(C)CCn1c(CNC(=O)Cc2ccc(-c3ccccc3)cc2)nc2ccccc21. The summed E-state index contributed by atoms with van der Waals surface area (Å²) in [6, 6.07) is 26.6. The van der Waals surface area contributed by atoms with Crippen LogP contribution >= 0.6 is 0 Å². The third-order valence-corrected chi connectivity index (χ3v) is 5.53. The maximum atomic E-state index is 12.6. The number of nitrogens with one attached hydrogen (secondary N) is 1. The standard InChI is InChI=1S/C27H29N3O/c1-20(2)16-17-30-25-11-7-6-10-24(25)29-26(30)19-28-27(31)18-21-12-14-23(15-13-21)22-8-4-3-5-9-22/h3-15,20H,16-19H2,1-2H3,(H,28,31). The van der Waals surface area contributed by atoms with E-state index in [0.717, 1.165) is 41.0 Å². The average molecular weight is 412 g/mol. The number of amides is 1. The maximum absolute atomic E-state index is 12.6. The lowest BCUT2D eigenvalue weighted by Gasteiger charge is -2.12. The summed E-state index contributed by atoms with van der Waals surface area (Å²) in [5.41, 5.74) is 5.45. The van der Waals surface area contributed by atoms with Gasteiger partial charge in [0.1, 0.15) is 5.82 Å². The zero-order valence-electron chi connectivity index (χ0n) is 18.2. The molecule has 3 aromatic carbocycles. The maximum Gasteiger partial charge on any atom is 0.224 e. The number of imidazole rings is 1. The van der Waals surface area contributed by atoms with Gasteiger partial charge in [0, 0.05) is 6.54 Å². The number of carbonyl (C=O) groups is 1. The second-order valence-electron chi connectivity index (χ2n) is 8.37. The molecule has 1 aromatic heterocycles. The number of rotatable bonds is 8. The number of para-hydroxylation sites is 2. The van der Waals surface area contributed by atoms with Crippen molar-refractivity contribution in [3.63, 3.8) is 0 Å². The molecule has 1 amide bonds. The normalized spacial score (nSPS) is 11.2. The largest absolute Gasteiger partial charge is 0.349 e. The smallest absolute Gasteiger partial charge is 0.224 e. The third kappa shape index (κ3) is 5.21. The van der Waals surface area contributed by atoms with Crippen LogP contribution in [0.25, 0.3) is 22.2 Å². The van der Waals surface area contributed by atoms with Crippen molar-refractivity contribution in [2.45, 2.75) is 39.8 Å². The highest BCUT2D eigenvalue weighted by molar-refractivity contribution is 5.79. The van der Waals surface area contributed by atoms with Crippen molar-refractivity contribution in [1.29, 1.82) is 0 Å². The fourth-order valence-corrected chi connectivity index (χ4v) is 3.77. The van der Waals surface area contributed by atoms with Gasteiger partial charge in [0.2, 0.25) is 5.91 Å². The number of fused-ring (bicyclic) bond motifs is 1. The van der Waals surface area contributed by atoms with Gasteiger partial charge in [-0.25, -0.2) is 4.98 Å². The first-order valence-corrected chi connectivity index (χ1v) is 11.0. The summed E-state index contributed by atoms with van der Waals surface area (Å²) in [6.07, 6.45) is 1.44. The number of hydrogen-bond acceptors (Lipinski definition) is 2. The molecule has 4 heteroatoms. The zero-order valence-corrected chi connectivity index (χ0v) is 18.2. The Bertz CT molecular complexity index is 1140. The Morgan fingerprint density at radius 3 is 2.32 bits per heavy atom. The molecule has 4 nitrogen and oxygen atoms in total. The molecule has 0 aliphatic carbocycles. The Hall–Kier alpha value is -3.40. The first kappa shape index (κ1) is 20.9. The molecule has 1 heterocycles. The van der Waals surface area contributed by atoms with E-state index in [-0.39, 0.29) is 5.91 Å². The second-order valence-corrected chi connectivity index (χ2v) is 8.37. The molecular formula is C27H29N3O. The van der Waals surface area contributed by atoms with Crippen LogP contribution in [0.3, 0.4) is 0 Å². The molecule has 4 rings (SSSR count). The average Bonchev–Trinajstić information content (AvgIpc) is 3.15. The van der Waals surface area contributed by atoms with Crippen molar-refractivity contribution in [3.05, 3.63) is 90.3 Å². The van der Waals surface area contributed by atoms with Crippen LogP contribution in [-0.4, -0.2) is 15.5 Å². The van der Waals surface area contributed by atoms with E-state index in [1.807, 2.05) is 48.5 Å². The molecule has 1 N–H and O–H groups in total. The first-order valence-electron chi connectivity index (χ1n) is 11.0. The van der Waals surface area contributed by atoms with Gasteiger partial charge >= 0.3 is 0 Å². The highest BCUT2D eigenvalue weighted by atomic mass is 16.1. The summed E-state index contributed by atoms with van der Waals surface area (Å²) < 4.78 is 2.24. The van der Waals surface area contributed by atoms with Gasteiger partial charge in [0.25, 0.3) is 0 Å². The summed E-state index contributed by atoms with van der Waals surface area (Å²) in [7, 11) is 0.